The van der Waals surface area contributed by atoms with Crippen molar-refractivity contribution in [1.29, 1.82) is 0 Å². The van der Waals surface area contributed by atoms with Crippen molar-refractivity contribution in [2.45, 2.75) is 19.4 Å². The van der Waals surface area contributed by atoms with Crippen LogP contribution in [0.4, 0.5) is 0 Å². The average Bonchev–Trinajstić information content (AvgIpc) is 2.60. The van der Waals surface area contributed by atoms with Crippen LogP contribution in [0.2, 0.25) is 0 Å². The van der Waals surface area contributed by atoms with Gasteiger partial charge in [0.15, 0.2) is 17.6 Å². The molecular formula is C19H20O4. The fraction of sp³-hybridized carbons (Fsp3) is 0.316. The monoisotopic (exact) mass is 312 g/mol. The number of hydrogen-bond donors (Lipinski definition) is 0. The zero-order chi connectivity index (χ0) is 16.4. The summed E-state index contributed by atoms with van der Waals surface area (Å²) in [6.45, 7) is 2.02. The lowest BCUT2D eigenvalue weighted by Gasteiger charge is -2.31. The lowest BCUT2D eigenvalue weighted by Crippen LogP contribution is -2.38. The Kier molecular flexibility index (Phi) is 4.24. The Morgan fingerprint density at radius 2 is 1.83 bits per heavy atom. The molecule has 1 aliphatic rings. The number of carbonyl (C=O) groups is 1. The third-order valence-corrected chi connectivity index (χ3v) is 4.22. The van der Waals surface area contributed by atoms with Gasteiger partial charge < -0.3 is 14.2 Å². The maximum Gasteiger partial charge on any atom is 0.203 e. The summed E-state index contributed by atoms with van der Waals surface area (Å²) in [4.78, 5) is 12.7. The topological polar surface area (TPSA) is 44.8 Å². The van der Waals surface area contributed by atoms with Gasteiger partial charge in [-0.15, -0.1) is 0 Å². The van der Waals surface area contributed by atoms with Gasteiger partial charge in [-0.05, 0) is 18.6 Å². The summed E-state index contributed by atoms with van der Waals surface area (Å²) in [6.07, 6.45) is 0.224. The molecule has 4 nitrogen and oxygen atoms in total. The molecule has 0 spiro atoms. The molecule has 2 aromatic rings. The normalized spacial score (nSPS) is 19.4. The lowest BCUT2D eigenvalue weighted by atomic mass is 9.87. The van der Waals surface area contributed by atoms with Crippen LogP contribution >= 0.6 is 0 Å². The zero-order valence-corrected chi connectivity index (χ0v) is 13.5. The van der Waals surface area contributed by atoms with Crippen LogP contribution in [-0.4, -0.2) is 26.1 Å². The first-order valence-electron chi connectivity index (χ1n) is 7.65. The Bertz CT molecular complexity index is 709. The van der Waals surface area contributed by atoms with Crippen LogP contribution in [0.15, 0.2) is 42.5 Å². The number of fused-ring (bicyclic) bond motifs is 1. The molecule has 0 N–H and O–H groups in total. The van der Waals surface area contributed by atoms with E-state index in [0.717, 1.165) is 5.56 Å². The van der Waals surface area contributed by atoms with Gasteiger partial charge in [0, 0.05) is 17.0 Å². The van der Waals surface area contributed by atoms with Gasteiger partial charge in [0.1, 0.15) is 5.75 Å². The first-order chi connectivity index (χ1) is 11.2. The number of Topliss-reactive ketones (excluding diaryl/α,β-unsaturated/α-hetero) is 1. The molecular weight excluding hydrogens is 292 g/mol. The number of rotatable bonds is 4. The highest BCUT2D eigenvalue weighted by Crippen LogP contribution is 2.42. The summed E-state index contributed by atoms with van der Waals surface area (Å²) >= 11 is 0. The summed E-state index contributed by atoms with van der Waals surface area (Å²) < 4.78 is 16.8. The summed E-state index contributed by atoms with van der Waals surface area (Å²) in [6, 6.07) is 12.9. The van der Waals surface area contributed by atoms with Gasteiger partial charge in [0.05, 0.1) is 14.2 Å². The molecule has 0 saturated heterocycles. The van der Waals surface area contributed by atoms with E-state index in [1.54, 1.807) is 20.3 Å². The van der Waals surface area contributed by atoms with E-state index in [9.17, 15) is 4.79 Å². The van der Waals surface area contributed by atoms with Crippen molar-refractivity contribution < 1.29 is 19.0 Å². The van der Waals surface area contributed by atoms with E-state index in [-0.39, 0.29) is 11.7 Å². The van der Waals surface area contributed by atoms with Gasteiger partial charge >= 0.3 is 0 Å². The number of carbonyl (C=O) groups excluding carboxylic acids is 1. The molecule has 0 aromatic heterocycles. The summed E-state index contributed by atoms with van der Waals surface area (Å²) in [5.74, 6) is 2.11. The zero-order valence-electron chi connectivity index (χ0n) is 13.5. The van der Waals surface area contributed by atoms with E-state index in [4.69, 9.17) is 14.2 Å². The smallest absolute Gasteiger partial charge is 0.203 e. The maximum atomic E-state index is 12.7. The largest absolute Gasteiger partial charge is 0.493 e. The minimum Gasteiger partial charge on any atom is -0.493 e. The molecule has 120 valence electrons. The standard InChI is InChI=1S/C19H20O4/c1-12-11-14-15(9-10-16(21-2)19(14)22-3)23-18(12)17(20)13-7-5-4-6-8-13/h4-10,12,18H,11H2,1-3H3. The molecule has 1 heterocycles. The number of ketones is 1. The summed E-state index contributed by atoms with van der Waals surface area (Å²) in [7, 11) is 3.23. The minimum absolute atomic E-state index is 0.0125. The second-order valence-electron chi connectivity index (χ2n) is 5.73. The predicted molar refractivity (Wildman–Crippen MR) is 87.6 cm³/mol. The van der Waals surface area contributed by atoms with E-state index >= 15 is 0 Å². The highest BCUT2D eigenvalue weighted by Gasteiger charge is 2.35. The quantitative estimate of drug-likeness (QED) is 0.810. The SMILES string of the molecule is COc1ccc2c(c1OC)CC(C)C(C(=O)c1ccccc1)O2. The van der Waals surface area contributed by atoms with Crippen molar-refractivity contribution in [3.8, 4) is 17.2 Å². The first-order valence-corrected chi connectivity index (χ1v) is 7.65. The lowest BCUT2D eigenvalue weighted by molar-refractivity contribution is 0.0647. The molecule has 2 unspecified atom stereocenters. The van der Waals surface area contributed by atoms with E-state index in [1.165, 1.54) is 0 Å². The van der Waals surface area contributed by atoms with Gasteiger partial charge in [-0.2, -0.15) is 0 Å². The number of ether oxygens (including phenoxy) is 3. The van der Waals surface area contributed by atoms with Gasteiger partial charge in [0.25, 0.3) is 0 Å². The Hall–Kier alpha value is -2.49. The predicted octanol–water partition coefficient (Wildman–Crippen LogP) is 3.53. The Morgan fingerprint density at radius 1 is 1.09 bits per heavy atom. The van der Waals surface area contributed by atoms with Crippen molar-refractivity contribution in [2.24, 2.45) is 5.92 Å². The van der Waals surface area contributed by atoms with Crippen LogP contribution in [0, 0.1) is 5.92 Å². The molecule has 23 heavy (non-hydrogen) atoms. The molecule has 0 aliphatic carbocycles. The average molecular weight is 312 g/mol. The van der Waals surface area contributed by atoms with Gasteiger partial charge in [-0.3, -0.25) is 4.79 Å². The van der Waals surface area contributed by atoms with Crippen molar-refractivity contribution in [3.63, 3.8) is 0 Å². The van der Waals surface area contributed by atoms with E-state index < -0.39 is 6.10 Å². The molecule has 0 saturated carbocycles. The molecule has 2 atom stereocenters. The van der Waals surface area contributed by atoms with Gasteiger partial charge in [0.2, 0.25) is 5.78 Å². The molecule has 0 bridgehead atoms. The third-order valence-electron chi connectivity index (χ3n) is 4.22. The Morgan fingerprint density at radius 3 is 2.48 bits per heavy atom. The fourth-order valence-electron chi connectivity index (χ4n) is 3.04. The van der Waals surface area contributed by atoms with E-state index in [1.807, 2.05) is 43.3 Å². The number of hydrogen-bond acceptors (Lipinski definition) is 4. The molecule has 4 heteroatoms. The van der Waals surface area contributed by atoms with Crippen molar-refractivity contribution in [3.05, 3.63) is 53.6 Å². The van der Waals surface area contributed by atoms with Crippen molar-refractivity contribution in [2.75, 3.05) is 14.2 Å². The molecule has 3 rings (SSSR count). The minimum atomic E-state index is -0.483. The molecule has 0 fully saturated rings. The van der Waals surface area contributed by atoms with Crippen LogP contribution in [-0.2, 0) is 6.42 Å². The fourth-order valence-corrected chi connectivity index (χ4v) is 3.04. The number of benzene rings is 2. The molecule has 0 amide bonds. The molecule has 2 aromatic carbocycles. The van der Waals surface area contributed by atoms with Crippen LogP contribution in [0.1, 0.15) is 22.8 Å². The second-order valence-corrected chi connectivity index (χ2v) is 5.73. The highest BCUT2D eigenvalue weighted by atomic mass is 16.5. The van der Waals surface area contributed by atoms with E-state index in [0.29, 0.717) is 29.2 Å². The van der Waals surface area contributed by atoms with Crippen LogP contribution in [0.25, 0.3) is 0 Å². The summed E-state index contributed by atoms with van der Waals surface area (Å²) in [5, 5.41) is 0. The Labute approximate surface area is 136 Å². The highest BCUT2D eigenvalue weighted by molar-refractivity contribution is 6.00. The van der Waals surface area contributed by atoms with E-state index in [2.05, 4.69) is 0 Å². The van der Waals surface area contributed by atoms with Crippen LogP contribution in [0.3, 0.4) is 0 Å². The van der Waals surface area contributed by atoms with Crippen LogP contribution < -0.4 is 14.2 Å². The van der Waals surface area contributed by atoms with Gasteiger partial charge in [-0.25, -0.2) is 0 Å². The van der Waals surface area contributed by atoms with Crippen molar-refractivity contribution >= 4 is 5.78 Å². The first kappa shape index (κ1) is 15.4. The Balaban J connectivity index is 1.94. The second kappa shape index (κ2) is 6.32. The summed E-state index contributed by atoms with van der Waals surface area (Å²) in [5.41, 5.74) is 1.63. The third kappa shape index (κ3) is 2.77. The van der Waals surface area contributed by atoms with Gasteiger partial charge in [-0.1, -0.05) is 37.3 Å². The van der Waals surface area contributed by atoms with Crippen molar-refractivity contribution in [1.82, 2.24) is 0 Å². The maximum absolute atomic E-state index is 12.7. The molecule has 1 aliphatic heterocycles. The van der Waals surface area contributed by atoms with Crippen LogP contribution in [0.5, 0.6) is 17.2 Å². The number of methoxy groups -OCH3 is 2. The molecule has 0 radical (unpaired) electrons.